The van der Waals surface area contributed by atoms with Gasteiger partial charge in [-0.2, -0.15) is 0 Å². The Labute approximate surface area is 129 Å². The molecule has 0 bridgehead atoms. The molecular formula is C17H20N2O3. The van der Waals surface area contributed by atoms with Crippen molar-refractivity contribution in [1.29, 1.82) is 0 Å². The van der Waals surface area contributed by atoms with Gasteiger partial charge in [-0.25, -0.2) is 0 Å². The van der Waals surface area contributed by atoms with Crippen LogP contribution in [0.4, 0.5) is 0 Å². The van der Waals surface area contributed by atoms with E-state index in [0.717, 1.165) is 36.1 Å². The van der Waals surface area contributed by atoms with Crippen molar-refractivity contribution in [3.05, 3.63) is 29.3 Å². The van der Waals surface area contributed by atoms with Crippen molar-refractivity contribution in [1.82, 2.24) is 9.80 Å². The normalized spacial score (nSPS) is 20.5. The molecule has 4 rings (SSSR count). The number of hydrogen-bond acceptors (Lipinski definition) is 3. The lowest BCUT2D eigenvalue weighted by Crippen LogP contribution is -2.51. The molecule has 0 N–H and O–H groups in total. The van der Waals surface area contributed by atoms with Gasteiger partial charge in [-0.1, -0.05) is 0 Å². The molecule has 2 amide bonds. The number of carbonyl (C=O) groups excluding carboxylic acids is 2. The van der Waals surface area contributed by atoms with Crippen LogP contribution in [0.25, 0.3) is 0 Å². The number of piperazine rings is 1. The van der Waals surface area contributed by atoms with Gasteiger partial charge < -0.3 is 14.5 Å². The van der Waals surface area contributed by atoms with Crippen LogP contribution in [0.2, 0.25) is 0 Å². The summed E-state index contributed by atoms with van der Waals surface area (Å²) in [5.41, 5.74) is 1.85. The quantitative estimate of drug-likeness (QED) is 0.827. The molecule has 2 fully saturated rings. The van der Waals surface area contributed by atoms with Crippen molar-refractivity contribution >= 4 is 11.8 Å². The molecule has 1 aliphatic carbocycles. The zero-order valence-corrected chi connectivity index (χ0v) is 12.6. The SMILES string of the molecule is O=C(c1ccc2c(c1)CCO2)N1CCN(C(=O)C2CC2)CC1. The van der Waals surface area contributed by atoms with Crippen LogP contribution in [0.1, 0.15) is 28.8 Å². The Kier molecular flexibility index (Phi) is 3.28. The minimum absolute atomic E-state index is 0.0632. The van der Waals surface area contributed by atoms with E-state index >= 15 is 0 Å². The summed E-state index contributed by atoms with van der Waals surface area (Å²) < 4.78 is 5.48. The Hall–Kier alpha value is -2.04. The van der Waals surface area contributed by atoms with E-state index in [4.69, 9.17) is 4.74 Å². The van der Waals surface area contributed by atoms with E-state index < -0.39 is 0 Å². The Morgan fingerprint density at radius 2 is 1.77 bits per heavy atom. The van der Waals surface area contributed by atoms with Crippen molar-refractivity contribution in [3.63, 3.8) is 0 Å². The molecule has 0 spiro atoms. The van der Waals surface area contributed by atoms with Crippen LogP contribution in [0.15, 0.2) is 18.2 Å². The van der Waals surface area contributed by atoms with Crippen LogP contribution in [-0.4, -0.2) is 54.4 Å². The molecule has 5 heteroatoms. The maximum absolute atomic E-state index is 12.6. The number of amides is 2. The number of ether oxygens (including phenoxy) is 1. The average molecular weight is 300 g/mol. The van der Waals surface area contributed by atoms with Gasteiger partial charge in [0, 0.05) is 44.1 Å². The number of rotatable bonds is 2. The molecule has 5 nitrogen and oxygen atoms in total. The third-order valence-corrected chi connectivity index (χ3v) is 4.74. The molecule has 0 unspecified atom stereocenters. The highest BCUT2D eigenvalue weighted by Crippen LogP contribution is 2.31. The van der Waals surface area contributed by atoms with Crippen molar-refractivity contribution in [2.45, 2.75) is 19.3 Å². The number of hydrogen-bond donors (Lipinski definition) is 0. The minimum Gasteiger partial charge on any atom is -0.493 e. The standard InChI is InChI=1S/C17H20N2O3/c20-16(12-1-2-12)18-6-8-19(9-7-18)17(21)14-3-4-15-13(11-14)5-10-22-15/h3-4,11-12H,1-2,5-10H2. The Bertz CT molecular complexity index is 616. The molecule has 1 aromatic carbocycles. The Balaban J connectivity index is 1.40. The van der Waals surface area contributed by atoms with Crippen LogP contribution < -0.4 is 4.74 Å². The van der Waals surface area contributed by atoms with Crippen molar-refractivity contribution in [3.8, 4) is 5.75 Å². The lowest BCUT2D eigenvalue weighted by Gasteiger charge is -2.35. The van der Waals surface area contributed by atoms with Gasteiger partial charge in [-0.05, 0) is 36.6 Å². The maximum atomic E-state index is 12.6. The molecule has 116 valence electrons. The Morgan fingerprint density at radius 3 is 2.50 bits per heavy atom. The van der Waals surface area contributed by atoms with Crippen molar-refractivity contribution < 1.29 is 14.3 Å². The first-order valence-corrected chi connectivity index (χ1v) is 8.06. The van der Waals surface area contributed by atoms with Crippen LogP contribution in [0.3, 0.4) is 0 Å². The van der Waals surface area contributed by atoms with Gasteiger partial charge in [-0.3, -0.25) is 9.59 Å². The topological polar surface area (TPSA) is 49.9 Å². The largest absolute Gasteiger partial charge is 0.493 e. The third-order valence-electron chi connectivity index (χ3n) is 4.74. The molecule has 0 aromatic heterocycles. The van der Waals surface area contributed by atoms with Gasteiger partial charge in [0.15, 0.2) is 0 Å². The van der Waals surface area contributed by atoms with Crippen molar-refractivity contribution in [2.24, 2.45) is 5.92 Å². The highest BCUT2D eigenvalue weighted by molar-refractivity contribution is 5.95. The average Bonchev–Trinajstić information content (AvgIpc) is 3.31. The summed E-state index contributed by atoms with van der Waals surface area (Å²) in [6.45, 7) is 3.29. The van der Waals surface area contributed by atoms with E-state index in [1.54, 1.807) is 0 Å². The first kappa shape index (κ1) is 13.6. The smallest absolute Gasteiger partial charge is 0.253 e. The van der Waals surface area contributed by atoms with Gasteiger partial charge >= 0.3 is 0 Å². The van der Waals surface area contributed by atoms with E-state index in [1.807, 2.05) is 28.0 Å². The summed E-state index contributed by atoms with van der Waals surface area (Å²) in [5.74, 6) is 1.50. The second-order valence-corrected chi connectivity index (χ2v) is 6.31. The lowest BCUT2D eigenvalue weighted by atomic mass is 10.1. The second-order valence-electron chi connectivity index (χ2n) is 6.31. The zero-order valence-electron chi connectivity index (χ0n) is 12.6. The van der Waals surface area contributed by atoms with Crippen LogP contribution in [0.5, 0.6) is 5.75 Å². The fourth-order valence-corrected chi connectivity index (χ4v) is 3.22. The van der Waals surface area contributed by atoms with Crippen LogP contribution in [0, 0.1) is 5.92 Å². The molecule has 1 saturated carbocycles. The van der Waals surface area contributed by atoms with Gasteiger partial charge in [0.2, 0.25) is 5.91 Å². The number of fused-ring (bicyclic) bond motifs is 1. The summed E-state index contributed by atoms with van der Waals surface area (Å²) in [7, 11) is 0. The summed E-state index contributed by atoms with van der Waals surface area (Å²) in [6, 6.07) is 5.68. The fraction of sp³-hybridized carbons (Fsp3) is 0.529. The molecule has 0 radical (unpaired) electrons. The fourth-order valence-electron chi connectivity index (χ4n) is 3.22. The monoisotopic (exact) mass is 300 g/mol. The molecule has 1 aromatic rings. The molecule has 1 saturated heterocycles. The van der Waals surface area contributed by atoms with Gasteiger partial charge in [0.1, 0.15) is 5.75 Å². The van der Waals surface area contributed by atoms with E-state index in [-0.39, 0.29) is 17.7 Å². The predicted octanol–water partition coefficient (Wildman–Crippen LogP) is 1.32. The second kappa shape index (κ2) is 5.30. The molecule has 0 atom stereocenters. The molecule has 2 aliphatic heterocycles. The first-order chi connectivity index (χ1) is 10.7. The molecule has 3 aliphatic rings. The van der Waals surface area contributed by atoms with E-state index in [1.165, 1.54) is 0 Å². The third kappa shape index (κ3) is 2.45. The highest BCUT2D eigenvalue weighted by atomic mass is 16.5. The van der Waals surface area contributed by atoms with E-state index in [9.17, 15) is 9.59 Å². The predicted molar refractivity (Wildman–Crippen MR) is 80.8 cm³/mol. The number of carbonyl (C=O) groups is 2. The number of benzene rings is 1. The highest BCUT2D eigenvalue weighted by Gasteiger charge is 2.35. The molecule has 2 heterocycles. The van der Waals surface area contributed by atoms with E-state index in [0.29, 0.717) is 32.8 Å². The first-order valence-electron chi connectivity index (χ1n) is 8.06. The summed E-state index contributed by atoms with van der Waals surface area (Å²) in [6.07, 6.45) is 2.95. The summed E-state index contributed by atoms with van der Waals surface area (Å²) >= 11 is 0. The molecular weight excluding hydrogens is 280 g/mol. The van der Waals surface area contributed by atoms with E-state index in [2.05, 4.69) is 0 Å². The van der Waals surface area contributed by atoms with Crippen LogP contribution >= 0.6 is 0 Å². The summed E-state index contributed by atoms with van der Waals surface area (Å²) in [5, 5.41) is 0. The summed E-state index contributed by atoms with van der Waals surface area (Å²) in [4.78, 5) is 28.4. The van der Waals surface area contributed by atoms with Gasteiger partial charge in [0.25, 0.3) is 5.91 Å². The van der Waals surface area contributed by atoms with Crippen LogP contribution in [-0.2, 0) is 11.2 Å². The minimum atomic E-state index is 0.0632. The number of nitrogens with zero attached hydrogens (tertiary/aromatic N) is 2. The Morgan fingerprint density at radius 1 is 1.05 bits per heavy atom. The zero-order chi connectivity index (χ0) is 15.1. The van der Waals surface area contributed by atoms with Crippen molar-refractivity contribution in [2.75, 3.05) is 32.8 Å². The lowest BCUT2D eigenvalue weighted by molar-refractivity contribution is -0.134. The maximum Gasteiger partial charge on any atom is 0.253 e. The van der Waals surface area contributed by atoms with Gasteiger partial charge in [0.05, 0.1) is 6.61 Å². The molecule has 22 heavy (non-hydrogen) atoms. The van der Waals surface area contributed by atoms with Gasteiger partial charge in [-0.15, -0.1) is 0 Å².